The van der Waals surface area contributed by atoms with Crippen molar-refractivity contribution in [3.05, 3.63) is 30.2 Å². The van der Waals surface area contributed by atoms with Gasteiger partial charge in [0.15, 0.2) is 17.0 Å². The summed E-state index contributed by atoms with van der Waals surface area (Å²) in [4.78, 5) is 18.9. The van der Waals surface area contributed by atoms with Gasteiger partial charge in [-0.15, -0.1) is 0 Å². The zero-order chi connectivity index (χ0) is 19.7. The summed E-state index contributed by atoms with van der Waals surface area (Å²) in [6.07, 6.45) is 13.0. The Morgan fingerprint density at radius 1 is 1.07 bits per heavy atom. The normalized spacial score (nSPS) is 26.8. The fourth-order valence-corrected chi connectivity index (χ4v) is 6.36. The van der Waals surface area contributed by atoms with Crippen LogP contribution in [0.25, 0.3) is 11.2 Å². The molecule has 7 nitrogen and oxygen atoms in total. The standard InChI is InChI=1S/C23H27N7/c1-4-18-17(24-7-1)3-2-8-30(18)22-20-21(27-28-22)26-19(14-25-20)29-9-5-23(6-10-29)12-15-11-16(15)13-23/h1,4,7,14-16H,2-3,5-6,8-13H2,(H,26,27,28)/t15-,16?/m1/s1. The Kier molecular flexibility index (Phi) is 3.49. The lowest BCUT2D eigenvalue weighted by Crippen LogP contribution is -2.40. The van der Waals surface area contributed by atoms with Crippen LogP contribution < -0.4 is 9.80 Å². The lowest BCUT2D eigenvalue weighted by Gasteiger charge is -2.40. The number of rotatable bonds is 2. The van der Waals surface area contributed by atoms with Crippen LogP contribution in [0.15, 0.2) is 24.5 Å². The minimum absolute atomic E-state index is 0.637. The maximum Gasteiger partial charge on any atom is 0.183 e. The fraction of sp³-hybridized carbons (Fsp3) is 0.565. The van der Waals surface area contributed by atoms with Gasteiger partial charge in [-0.3, -0.25) is 10.1 Å². The maximum absolute atomic E-state index is 4.91. The average Bonchev–Trinajstić information content (AvgIpc) is 3.21. The molecule has 1 spiro atoms. The molecule has 4 aliphatic rings. The number of aromatic amines is 1. The first kappa shape index (κ1) is 17.0. The first-order valence-electron chi connectivity index (χ1n) is 11.5. The second-order valence-corrected chi connectivity index (χ2v) is 9.85. The van der Waals surface area contributed by atoms with Crippen LogP contribution >= 0.6 is 0 Å². The predicted octanol–water partition coefficient (Wildman–Crippen LogP) is 3.85. The third kappa shape index (κ3) is 2.57. The van der Waals surface area contributed by atoms with Crippen LogP contribution in [0.3, 0.4) is 0 Å². The fourth-order valence-electron chi connectivity index (χ4n) is 6.36. The molecule has 1 N–H and O–H groups in total. The average molecular weight is 402 g/mol. The summed E-state index contributed by atoms with van der Waals surface area (Å²) in [7, 11) is 0. The van der Waals surface area contributed by atoms with E-state index in [-0.39, 0.29) is 0 Å². The quantitative estimate of drug-likeness (QED) is 0.703. The topological polar surface area (TPSA) is 73.8 Å². The van der Waals surface area contributed by atoms with Crippen LogP contribution in [0, 0.1) is 17.3 Å². The Bertz CT molecular complexity index is 1100. The van der Waals surface area contributed by atoms with Crippen molar-refractivity contribution in [3.8, 4) is 0 Å². The molecule has 0 aromatic carbocycles. The summed E-state index contributed by atoms with van der Waals surface area (Å²) >= 11 is 0. The summed E-state index contributed by atoms with van der Waals surface area (Å²) in [6, 6.07) is 4.12. The zero-order valence-corrected chi connectivity index (χ0v) is 17.2. The number of hydrogen-bond acceptors (Lipinski definition) is 6. The van der Waals surface area contributed by atoms with Crippen molar-refractivity contribution < 1.29 is 0 Å². The molecular formula is C23H27N7. The number of pyridine rings is 1. The molecular weight excluding hydrogens is 374 g/mol. The van der Waals surface area contributed by atoms with Crippen molar-refractivity contribution in [1.82, 2.24) is 25.1 Å². The van der Waals surface area contributed by atoms with E-state index in [1.165, 1.54) is 32.1 Å². The number of nitrogens with zero attached hydrogens (tertiary/aromatic N) is 6. The van der Waals surface area contributed by atoms with Gasteiger partial charge in [0.1, 0.15) is 5.82 Å². The lowest BCUT2D eigenvalue weighted by atomic mass is 9.75. The molecule has 2 aliphatic carbocycles. The number of hydrogen-bond donors (Lipinski definition) is 1. The highest BCUT2D eigenvalue weighted by Gasteiger charge is 2.54. The van der Waals surface area contributed by atoms with Crippen LogP contribution in [-0.4, -0.2) is 44.8 Å². The molecule has 3 aromatic heterocycles. The van der Waals surface area contributed by atoms with Gasteiger partial charge in [0.25, 0.3) is 0 Å². The van der Waals surface area contributed by atoms with Crippen molar-refractivity contribution in [2.45, 2.75) is 44.9 Å². The molecule has 2 aliphatic heterocycles. The van der Waals surface area contributed by atoms with E-state index < -0.39 is 0 Å². The molecule has 0 radical (unpaired) electrons. The zero-order valence-electron chi connectivity index (χ0n) is 17.2. The molecule has 1 saturated heterocycles. The van der Waals surface area contributed by atoms with Gasteiger partial charge in [-0.1, -0.05) is 0 Å². The van der Waals surface area contributed by atoms with E-state index in [4.69, 9.17) is 9.97 Å². The molecule has 7 heteroatoms. The van der Waals surface area contributed by atoms with Gasteiger partial charge in [-0.25, -0.2) is 9.97 Å². The third-order valence-corrected chi connectivity index (χ3v) is 8.05. The van der Waals surface area contributed by atoms with Crippen molar-refractivity contribution in [1.29, 1.82) is 0 Å². The molecule has 30 heavy (non-hydrogen) atoms. The molecule has 5 heterocycles. The molecule has 154 valence electrons. The predicted molar refractivity (Wildman–Crippen MR) is 116 cm³/mol. The highest BCUT2D eigenvalue weighted by atomic mass is 15.3. The molecule has 0 bridgehead atoms. The largest absolute Gasteiger partial charge is 0.355 e. The molecule has 2 atom stereocenters. The molecule has 2 saturated carbocycles. The molecule has 3 aromatic rings. The number of aryl methyl sites for hydroxylation is 1. The molecule has 3 fully saturated rings. The maximum atomic E-state index is 4.91. The summed E-state index contributed by atoms with van der Waals surface area (Å²) in [5, 5.41) is 7.75. The number of anilines is 3. The van der Waals surface area contributed by atoms with Crippen molar-refractivity contribution in [2.24, 2.45) is 17.3 Å². The minimum Gasteiger partial charge on any atom is -0.355 e. The van der Waals surface area contributed by atoms with E-state index in [1.807, 2.05) is 18.5 Å². The van der Waals surface area contributed by atoms with Crippen molar-refractivity contribution >= 4 is 28.5 Å². The lowest BCUT2D eigenvalue weighted by molar-refractivity contribution is 0.201. The van der Waals surface area contributed by atoms with Gasteiger partial charge < -0.3 is 9.80 Å². The van der Waals surface area contributed by atoms with Crippen LogP contribution in [0.1, 0.15) is 44.2 Å². The second-order valence-electron chi connectivity index (χ2n) is 9.85. The van der Waals surface area contributed by atoms with Gasteiger partial charge in [-0.05, 0) is 74.3 Å². The Hall–Kier alpha value is -2.70. The molecule has 1 unspecified atom stereocenters. The van der Waals surface area contributed by atoms with E-state index in [1.54, 1.807) is 0 Å². The summed E-state index contributed by atoms with van der Waals surface area (Å²) in [5.41, 5.74) is 4.54. The SMILES string of the molecule is c1cnc2c(c1)N(c1n[nH]c3nc(N4CCC5(CC4)CC4C[C@@H]4C5)cnc13)CCC2. The second kappa shape index (κ2) is 6.15. The Labute approximate surface area is 175 Å². The Morgan fingerprint density at radius 3 is 2.80 bits per heavy atom. The van der Waals surface area contributed by atoms with Crippen LogP contribution in [0.5, 0.6) is 0 Å². The number of piperidine rings is 1. The van der Waals surface area contributed by atoms with E-state index in [0.29, 0.717) is 5.41 Å². The first-order chi connectivity index (χ1) is 14.8. The number of nitrogens with one attached hydrogen (secondary N) is 1. The highest BCUT2D eigenvalue weighted by Crippen LogP contribution is 2.63. The van der Waals surface area contributed by atoms with E-state index >= 15 is 0 Å². The number of fused-ring (bicyclic) bond motifs is 3. The Balaban J connectivity index is 1.15. The van der Waals surface area contributed by atoms with Gasteiger partial charge in [-0.2, -0.15) is 5.10 Å². The number of H-pyrrole nitrogens is 1. The van der Waals surface area contributed by atoms with Crippen LogP contribution in [0.2, 0.25) is 0 Å². The van der Waals surface area contributed by atoms with Gasteiger partial charge >= 0.3 is 0 Å². The van der Waals surface area contributed by atoms with E-state index in [0.717, 1.165) is 78.5 Å². The third-order valence-electron chi connectivity index (χ3n) is 8.05. The highest BCUT2D eigenvalue weighted by molar-refractivity contribution is 5.87. The smallest absolute Gasteiger partial charge is 0.183 e. The summed E-state index contributed by atoms with van der Waals surface area (Å²) < 4.78 is 0. The monoisotopic (exact) mass is 401 g/mol. The van der Waals surface area contributed by atoms with Crippen molar-refractivity contribution in [2.75, 3.05) is 29.4 Å². The molecule has 0 amide bonds. The number of aromatic nitrogens is 5. The van der Waals surface area contributed by atoms with Crippen LogP contribution in [-0.2, 0) is 6.42 Å². The van der Waals surface area contributed by atoms with E-state index in [9.17, 15) is 0 Å². The summed E-state index contributed by atoms with van der Waals surface area (Å²) in [6.45, 7) is 3.13. The Morgan fingerprint density at radius 2 is 1.93 bits per heavy atom. The van der Waals surface area contributed by atoms with Gasteiger partial charge in [0.2, 0.25) is 0 Å². The van der Waals surface area contributed by atoms with Crippen molar-refractivity contribution in [3.63, 3.8) is 0 Å². The van der Waals surface area contributed by atoms with Crippen LogP contribution in [0.4, 0.5) is 17.3 Å². The van der Waals surface area contributed by atoms with Gasteiger partial charge in [0.05, 0.1) is 17.6 Å². The van der Waals surface area contributed by atoms with E-state index in [2.05, 4.69) is 31.0 Å². The van der Waals surface area contributed by atoms with Gasteiger partial charge in [0, 0.05) is 25.8 Å². The summed E-state index contributed by atoms with van der Waals surface area (Å²) in [5.74, 6) is 3.97. The first-order valence-corrected chi connectivity index (χ1v) is 11.5. The molecule has 7 rings (SSSR count). The minimum atomic E-state index is 0.637.